The molecule has 26 heavy (non-hydrogen) atoms. The molecule has 0 spiro atoms. The third kappa shape index (κ3) is 6.00. The summed E-state index contributed by atoms with van der Waals surface area (Å²) in [6.07, 6.45) is 0.174. The van der Waals surface area contributed by atoms with Crippen molar-refractivity contribution < 1.29 is 14.4 Å². The zero-order valence-electron chi connectivity index (χ0n) is 15.1. The van der Waals surface area contributed by atoms with Crippen molar-refractivity contribution >= 4 is 40.4 Å². The quantitative estimate of drug-likeness (QED) is 0.724. The Kier molecular flexibility index (Phi) is 6.52. The first-order chi connectivity index (χ1) is 12.3. The summed E-state index contributed by atoms with van der Waals surface area (Å²) in [7, 11) is 0. The van der Waals surface area contributed by atoms with Crippen molar-refractivity contribution in [2.45, 2.75) is 27.2 Å². The van der Waals surface area contributed by atoms with Gasteiger partial charge in [-0.15, -0.1) is 11.3 Å². The molecule has 6 nitrogen and oxygen atoms in total. The third-order valence-electron chi connectivity index (χ3n) is 3.47. The molecular weight excluding hydrogens is 350 g/mol. The first kappa shape index (κ1) is 19.7. The monoisotopic (exact) mass is 373 g/mol. The van der Waals surface area contributed by atoms with Crippen LogP contribution < -0.4 is 16.0 Å². The standard InChI is InChI=1S/C19H23N3O3S/c1-19(2,3)18(25)20-10-9-16(23)21-13-6-4-7-14(12-13)22-17(24)15-8-5-11-26-15/h4-8,11-12H,9-10H2,1-3H3,(H,20,25)(H,21,23)(H,22,24). The van der Waals surface area contributed by atoms with Gasteiger partial charge in [0.15, 0.2) is 0 Å². The number of carbonyl (C=O) groups excluding carboxylic acids is 3. The maximum atomic E-state index is 12.1. The molecule has 2 rings (SSSR count). The van der Waals surface area contributed by atoms with Gasteiger partial charge in [-0.05, 0) is 29.6 Å². The van der Waals surface area contributed by atoms with E-state index in [1.165, 1.54) is 11.3 Å². The molecule has 3 amide bonds. The highest BCUT2D eigenvalue weighted by Gasteiger charge is 2.20. The molecule has 0 saturated carbocycles. The lowest BCUT2D eigenvalue weighted by Gasteiger charge is -2.17. The van der Waals surface area contributed by atoms with Gasteiger partial charge in [-0.2, -0.15) is 0 Å². The molecule has 0 atom stereocenters. The number of rotatable bonds is 6. The minimum atomic E-state index is -0.481. The van der Waals surface area contributed by atoms with Gasteiger partial charge in [-0.3, -0.25) is 14.4 Å². The van der Waals surface area contributed by atoms with E-state index in [0.717, 1.165) is 0 Å². The molecule has 3 N–H and O–H groups in total. The van der Waals surface area contributed by atoms with E-state index in [9.17, 15) is 14.4 Å². The van der Waals surface area contributed by atoms with Crippen molar-refractivity contribution in [3.63, 3.8) is 0 Å². The van der Waals surface area contributed by atoms with Crippen LogP contribution in [-0.2, 0) is 9.59 Å². The van der Waals surface area contributed by atoms with Crippen LogP contribution >= 0.6 is 11.3 Å². The summed E-state index contributed by atoms with van der Waals surface area (Å²) in [5.74, 6) is -0.488. The normalized spacial score (nSPS) is 10.9. The first-order valence-electron chi connectivity index (χ1n) is 8.29. The Hall–Kier alpha value is -2.67. The molecule has 0 aliphatic heterocycles. The first-order valence-corrected chi connectivity index (χ1v) is 9.17. The molecule has 0 aliphatic carbocycles. The van der Waals surface area contributed by atoms with Crippen molar-refractivity contribution in [1.82, 2.24) is 5.32 Å². The van der Waals surface area contributed by atoms with Crippen LogP contribution in [0.25, 0.3) is 0 Å². The van der Waals surface area contributed by atoms with E-state index in [4.69, 9.17) is 0 Å². The molecule has 0 saturated heterocycles. The van der Waals surface area contributed by atoms with Crippen molar-refractivity contribution in [2.24, 2.45) is 5.41 Å². The van der Waals surface area contributed by atoms with Gasteiger partial charge < -0.3 is 16.0 Å². The Labute approximate surface area is 157 Å². The number of amides is 3. The predicted molar refractivity (Wildman–Crippen MR) is 104 cm³/mol. The van der Waals surface area contributed by atoms with E-state index in [2.05, 4.69) is 16.0 Å². The lowest BCUT2D eigenvalue weighted by atomic mass is 9.96. The molecule has 0 unspecified atom stereocenters. The average Bonchev–Trinajstić information content (AvgIpc) is 3.08. The van der Waals surface area contributed by atoms with Crippen molar-refractivity contribution in [2.75, 3.05) is 17.2 Å². The van der Waals surface area contributed by atoms with Gasteiger partial charge in [0.05, 0.1) is 4.88 Å². The molecule has 138 valence electrons. The Balaban J connectivity index is 1.85. The van der Waals surface area contributed by atoms with Crippen molar-refractivity contribution in [3.05, 3.63) is 46.7 Å². The SMILES string of the molecule is CC(C)(C)C(=O)NCCC(=O)Nc1cccc(NC(=O)c2cccs2)c1. The minimum Gasteiger partial charge on any atom is -0.355 e. The molecule has 0 aliphatic rings. The Morgan fingerprint density at radius 2 is 1.69 bits per heavy atom. The fourth-order valence-corrected chi connectivity index (χ4v) is 2.67. The van der Waals surface area contributed by atoms with Crippen LogP contribution in [0.2, 0.25) is 0 Å². The largest absolute Gasteiger partial charge is 0.355 e. The second-order valence-electron chi connectivity index (χ2n) is 6.82. The number of nitrogens with one attached hydrogen (secondary N) is 3. The van der Waals surface area contributed by atoms with Crippen LogP contribution in [0.15, 0.2) is 41.8 Å². The maximum absolute atomic E-state index is 12.1. The number of anilines is 2. The molecule has 1 heterocycles. The van der Waals surface area contributed by atoms with Crippen LogP contribution in [0.4, 0.5) is 11.4 Å². The molecule has 7 heteroatoms. The zero-order valence-corrected chi connectivity index (χ0v) is 15.9. The predicted octanol–water partition coefficient (Wildman–Crippen LogP) is 3.49. The second-order valence-corrected chi connectivity index (χ2v) is 7.76. The van der Waals surface area contributed by atoms with Crippen LogP contribution in [0.5, 0.6) is 0 Å². The Morgan fingerprint density at radius 1 is 1.00 bits per heavy atom. The molecule has 0 bridgehead atoms. The van der Waals surface area contributed by atoms with E-state index >= 15 is 0 Å². The smallest absolute Gasteiger partial charge is 0.265 e. The lowest BCUT2D eigenvalue weighted by Crippen LogP contribution is -2.36. The molecule has 2 aromatic rings. The molecular formula is C19H23N3O3S. The number of hydrogen-bond acceptors (Lipinski definition) is 4. The van der Waals surface area contributed by atoms with Gasteiger partial charge in [0.1, 0.15) is 0 Å². The van der Waals surface area contributed by atoms with Crippen molar-refractivity contribution in [1.29, 1.82) is 0 Å². The van der Waals surface area contributed by atoms with Gasteiger partial charge in [0.25, 0.3) is 5.91 Å². The lowest BCUT2D eigenvalue weighted by molar-refractivity contribution is -0.128. The van der Waals surface area contributed by atoms with E-state index in [1.54, 1.807) is 30.3 Å². The van der Waals surface area contributed by atoms with E-state index in [-0.39, 0.29) is 30.7 Å². The van der Waals surface area contributed by atoms with Gasteiger partial charge in [0.2, 0.25) is 11.8 Å². The summed E-state index contributed by atoms with van der Waals surface area (Å²) in [5.41, 5.74) is 0.703. The summed E-state index contributed by atoms with van der Waals surface area (Å²) in [6.45, 7) is 5.73. The molecule has 1 aromatic heterocycles. The summed E-state index contributed by atoms with van der Waals surface area (Å²) in [6, 6.07) is 10.5. The van der Waals surface area contributed by atoms with E-state index < -0.39 is 5.41 Å². The van der Waals surface area contributed by atoms with Gasteiger partial charge in [-0.25, -0.2) is 0 Å². The Morgan fingerprint density at radius 3 is 2.31 bits per heavy atom. The summed E-state index contributed by atoms with van der Waals surface area (Å²) >= 11 is 1.36. The number of carbonyl (C=O) groups is 3. The van der Waals surface area contributed by atoms with Crippen LogP contribution in [-0.4, -0.2) is 24.3 Å². The highest BCUT2D eigenvalue weighted by atomic mass is 32.1. The van der Waals surface area contributed by atoms with Crippen LogP contribution in [0, 0.1) is 5.41 Å². The average molecular weight is 373 g/mol. The van der Waals surface area contributed by atoms with Gasteiger partial charge >= 0.3 is 0 Å². The maximum Gasteiger partial charge on any atom is 0.265 e. The summed E-state index contributed by atoms with van der Waals surface area (Å²) < 4.78 is 0. The minimum absolute atomic E-state index is 0.0939. The number of hydrogen-bond donors (Lipinski definition) is 3. The summed E-state index contributed by atoms with van der Waals surface area (Å²) in [5, 5.41) is 10.1. The molecule has 0 radical (unpaired) electrons. The highest BCUT2D eigenvalue weighted by Crippen LogP contribution is 2.18. The van der Waals surface area contributed by atoms with Gasteiger partial charge in [0, 0.05) is 29.8 Å². The van der Waals surface area contributed by atoms with E-state index in [0.29, 0.717) is 16.3 Å². The Bertz CT molecular complexity index is 780. The fraction of sp³-hybridized carbons (Fsp3) is 0.316. The highest BCUT2D eigenvalue weighted by molar-refractivity contribution is 7.12. The van der Waals surface area contributed by atoms with Crippen LogP contribution in [0.3, 0.4) is 0 Å². The fourth-order valence-electron chi connectivity index (χ4n) is 2.05. The van der Waals surface area contributed by atoms with Gasteiger partial charge in [-0.1, -0.05) is 32.9 Å². The third-order valence-corrected chi connectivity index (χ3v) is 4.34. The second kappa shape index (κ2) is 8.62. The number of thiophene rings is 1. The van der Waals surface area contributed by atoms with Crippen LogP contribution in [0.1, 0.15) is 36.9 Å². The number of benzene rings is 1. The molecule has 0 fully saturated rings. The van der Waals surface area contributed by atoms with Crippen molar-refractivity contribution in [3.8, 4) is 0 Å². The topological polar surface area (TPSA) is 87.3 Å². The summed E-state index contributed by atoms with van der Waals surface area (Å²) in [4.78, 5) is 36.5. The zero-order chi connectivity index (χ0) is 19.2. The van der Waals surface area contributed by atoms with E-state index in [1.807, 2.05) is 32.2 Å². The molecule has 1 aromatic carbocycles.